The van der Waals surface area contributed by atoms with Crippen LogP contribution in [-0.4, -0.2) is 25.9 Å². The number of hydrogen-bond acceptors (Lipinski definition) is 6. The molecule has 2 aromatic carbocycles. The van der Waals surface area contributed by atoms with E-state index in [1.165, 1.54) is 24.3 Å². The fourth-order valence-electron chi connectivity index (χ4n) is 1.36. The van der Waals surface area contributed by atoms with E-state index in [1.807, 2.05) is 6.92 Å². The van der Waals surface area contributed by atoms with Gasteiger partial charge in [0.05, 0.1) is 4.90 Å². The Labute approximate surface area is 158 Å². The van der Waals surface area contributed by atoms with Crippen molar-refractivity contribution in [1.82, 2.24) is 0 Å². The molecule has 23 heavy (non-hydrogen) atoms. The molecule has 0 saturated carbocycles. The summed E-state index contributed by atoms with van der Waals surface area (Å²) in [5, 5.41) is 0. The minimum Gasteiger partial charge on any atom is 2.00 e. The van der Waals surface area contributed by atoms with Crippen LogP contribution in [0.25, 0.3) is 0 Å². The number of rotatable bonds is 2. The quantitative estimate of drug-likeness (QED) is 0.483. The fraction of sp³-hybridized carbons (Fsp3) is 0.0769. The maximum Gasteiger partial charge on any atom is 2.00 e. The van der Waals surface area contributed by atoms with E-state index in [2.05, 4.69) is 0 Å². The minimum atomic E-state index is -4.27. The molecule has 0 bridgehead atoms. The van der Waals surface area contributed by atoms with Gasteiger partial charge in [0.2, 0.25) is 0 Å². The normalized spacial score (nSPS) is 11.0. The van der Waals surface area contributed by atoms with Crippen LogP contribution in [0.4, 0.5) is 0 Å². The molecule has 6 nitrogen and oxygen atoms in total. The molecule has 0 fully saturated rings. The molecule has 0 aliphatic rings. The van der Waals surface area contributed by atoms with Crippen LogP contribution in [0.1, 0.15) is 5.56 Å². The standard InChI is InChI=1S/C7H8O3S.C6H5O3S.2Zn/c1-6-2-4-7(5-3-6)11(8,9)10;7-10(8,9)6-4-2-1-3-5-6;;/h2-5H,1H3,(H,8,9,10);2-5H,(H,7,8,9);;/q;;;+2/p-2. The second-order valence-corrected chi connectivity index (χ2v) is 8.84. The Morgan fingerprint density at radius 1 is 0.739 bits per heavy atom. The van der Waals surface area contributed by atoms with Crippen molar-refractivity contribution in [3.8, 4) is 0 Å². The topological polar surface area (TPSA) is 114 Å². The fourth-order valence-corrected chi connectivity index (χ4v) is 2.79. The molecule has 2 aromatic rings. The van der Waals surface area contributed by atoms with Crippen LogP contribution in [0, 0.1) is 6.92 Å². The van der Waals surface area contributed by atoms with Gasteiger partial charge in [0, 0.05) is 0 Å². The molecule has 115 valence electrons. The van der Waals surface area contributed by atoms with Crippen molar-refractivity contribution >= 4 is 24.4 Å². The second-order valence-electron chi connectivity index (χ2n) is 4.37. The first-order chi connectivity index (χ1) is 10.00. The van der Waals surface area contributed by atoms with Gasteiger partial charge in [-0.25, -0.2) is 8.42 Å². The van der Waals surface area contributed by atoms with Crippen LogP contribution < -0.4 is 4.16 Å². The molecule has 0 unspecified atom stereocenters. The third-order valence-electron chi connectivity index (χ3n) is 2.52. The first-order valence-corrected chi connectivity index (χ1v) is 10.2. The molecule has 0 atom stereocenters. The maximum atomic E-state index is 10.4. The third kappa shape index (κ3) is 8.24. The van der Waals surface area contributed by atoms with Gasteiger partial charge in [-0.1, -0.05) is 17.7 Å². The molecule has 0 heterocycles. The number of benzene rings is 2. The Morgan fingerprint density at radius 2 is 1.04 bits per heavy atom. The summed E-state index contributed by atoms with van der Waals surface area (Å²) in [5.74, 6) is 0. The molecular weight excluding hydrogens is 447 g/mol. The van der Waals surface area contributed by atoms with Gasteiger partial charge < -0.3 is 4.55 Å². The van der Waals surface area contributed by atoms with Gasteiger partial charge in [-0.15, -0.1) is 0 Å². The molecular formula is C13H11O6S2Zn2. The van der Waals surface area contributed by atoms with Gasteiger partial charge in [0.25, 0.3) is 0 Å². The van der Waals surface area contributed by atoms with E-state index in [4.69, 9.17) is 0 Å². The zero-order valence-electron chi connectivity index (χ0n) is 12.3. The second kappa shape index (κ2) is 9.11. The Hall–Kier alpha value is -0.493. The van der Waals surface area contributed by atoms with Gasteiger partial charge in [-0.2, -0.15) is 0 Å². The summed E-state index contributed by atoms with van der Waals surface area (Å²) in [6.45, 7) is 1.82. The molecule has 0 spiro atoms. The SMILES string of the molecule is Cc1ccc(S(=O)(=O)[O-])cc1.O=S(=O)([O-])c1cc[c]([Zn])cc1.[Zn+2]. The summed E-state index contributed by atoms with van der Waals surface area (Å²) in [7, 11) is -8.53. The summed E-state index contributed by atoms with van der Waals surface area (Å²) in [6.07, 6.45) is 0. The number of hydrogen-bond donors (Lipinski definition) is 0. The Morgan fingerprint density at radius 3 is 1.35 bits per heavy atom. The van der Waals surface area contributed by atoms with Crippen molar-refractivity contribution in [3.63, 3.8) is 0 Å². The predicted octanol–water partition coefficient (Wildman–Crippen LogP) is 0.659. The van der Waals surface area contributed by atoms with Crippen LogP contribution in [-0.2, 0) is 58.0 Å². The van der Waals surface area contributed by atoms with Crippen molar-refractivity contribution in [2.45, 2.75) is 16.7 Å². The third-order valence-corrected chi connectivity index (χ3v) is 5.21. The Bertz CT molecular complexity index is 756. The average Bonchev–Trinajstić information content (AvgIpc) is 2.38. The summed E-state index contributed by atoms with van der Waals surface area (Å²) < 4.78 is 63.4. The maximum absolute atomic E-state index is 10.4. The molecule has 0 aliphatic heterocycles. The van der Waals surface area contributed by atoms with Crippen molar-refractivity contribution in [2.75, 3.05) is 0 Å². The first kappa shape index (κ1) is 22.5. The van der Waals surface area contributed by atoms with Crippen molar-refractivity contribution in [3.05, 3.63) is 54.1 Å². The van der Waals surface area contributed by atoms with Crippen molar-refractivity contribution < 1.29 is 63.7 Å². The van der Waals surface area contributed by atoms with E-state index in [0.717, 1.165) is 28.0 Å². The minimum absolute atomic E-state index is 0. The molecule has 0 radical (unpaired) electrons. The van der Waals surface area contributed by atoms with Crippen LogP contribution in [0.2, 0.25) is 0 Å². The number of aryl methyl sites for hydroxylation is 1. The molecule has 0 saturated heterocycles. The van der Waals surface area contributed by atoms with Gasteiger partial charge in [-0.3, -0.25) is 0 Å². The monoisotopic (exact) mass is 455 g/mol. The molecule has 0 amide bonds. The van der Waals surface area contributed by atoms with Crippen LogP contribution in [0.3, 0.4) is 0 Å². The zero-order valence-corrected chi connectivity index (χ0v) is 19.9. The molecule has 10 heteroatoms. The molecule has 0 aromatic heterocycles. The summed E-state index contributed by atoms with van der Waals surface area (Å²) >= 11 is 0.958. The average molecular weight is 458 g/mol. The Balaban J connectivity index is 0.000000403. The van der Waals surface area contributed by atoms with Crippen molar-refractivity contribution in [1.29, 1.82) is 0 Å². The van der Waals surface area contributed by atoms with E-state index in [9.17, 15) is 25.9 Å². The summed E-state index contributed by atoms with van der Waals surface area (Å²) in [4.78, 5) is -0.335. The largest absolute Gasteiger partial charge is 2.00 e. The molecule has 0 aliphatic carbocycles. The van der Waals surface area contributed by atoms with Gasteiger partial charge in [-0.05, 0) is 19.1 Å². The van der Waals surface area contributed by atoms with Gasteiger partial charge >= 0.3 is 94.2 Å². The van der Waals surface area contributed by atoms with E-state index < -0.39 is 20.2 Å². The predicted molar refractivity (Wildman–Crippen MR) is 73.2 cm³/mol. The summed E-state index contributed by atoms with van der Waals surface area (Å²) in [6, 6.07) is 11.7. The smallest absolute Gasteiger partial charge is 2.00 e. The zero-order chi connectivity index (χ0) is 17.0. The molecule has 0 N–H and O–H groups in total. The van der Waals surface area contributed by atoms with Gasteiger partial charge in [0.1, 0.15) is 10.1 Å². The van der Waals surface area contributed by atoms with Crippen LogP contribution in [0.5, 0.6) is 0 Å². The van der Waals surface area contributed by atoms with E-state index in [0.29, 0.717) is 0 Å². The van der Waals surface area contributed by atoms with E-state index in [1.54, 1.807) is 24.3 Å². The van der Waals surface area contributed by atoms with Gasteiger partial charge in [0.15, 0.2) is 0 Å². The van der Waals surface area contributed by atoms with E-state index in [-0.39, 0.29) is 29.3 Å². The van der Waals surface area contributed by atoms with Crippen molar-refractivity contribution in [2.24, 2.45) is 0 Å². The Kier molecular flexibility index (Phi) is 8.92. The van der Waals surface area contributed by atoms with Crippen LogP contribution >= 0.6 is 0 Å². The van der Waals surface area contributed by atoms with E-state index >= 15 is 0 Å². The van der Waals surface area contributed by atoms with Crippen LogP contribution in [0.15, 0.2) is 58.3 Å². The first-order valence-electron chi connectivity index (χ1n) is 5.90. The summed E-state index contributed by atoms with van der Waals surface area (Å²) in [5.41, 5.74) is 0.928. The molecule has 2 rings (SSSR count).